The number of likely N-dealkylation sites (tertiary alicyclic amines) is 1. The lowest BCUT2D eigenvalue weighted by Crippen LogP contribution is -2.39. The zero-order valence-corrected chi connectivity index (χ0v) is 14.1. The maximum Gasteiger partial charge on any atom is 0.315 e. The van der Waals surface area contributed by atoms with E-state index in [4.69, 9.17) is 4.52 Å². The third-order valence-electron chi connectivity index (χ3n) is 4.49. The van der Waals surface area contributed by atoms with E-state index in [1.165, 1.54) is 11.1 Å². The summed E-state index contributed by atoms with van der Waals surface area (Å²) in [4.78, 5) is 26.4. The van der Waals surface area contributed by atoms with Crippen LogP contribution < -0.4 is 5.32 Å². The number of rotatable bonds is 2. The molecule has 3 rings (SSSR count). The first kappa shape index (κ1) is 16.2. The van der Waals surface area contributed by atoms with E-state index >= 15 is 0 Å². The number of aromatic nitrogens is 1. The summed E-state index contributed by atoms with van der Waals surface area (Å²) in [6, 6.07) is 7.73. The number of hydrogen-bond acceptors (Lipinski definition) is 4. The average molecular weight is 327 g/mol. The molecule has 0 saturated carbocycles. The molecule has 126 valence electrons. The predicted octanol–water partition coefficient (Wildman–Crippen LogP) is 2.90. The minimum absolute atomic E-state index is 0.0541. The van der Waals surface area contributed by atoms with E-state index in [2.05, 4.69) is 36.5 Å². The zero-order chi connectivity index (χ0) is 17.3. The second-order valence-electron chi connectivity index (χ2n) is 6.28. The van der Waals surface area contributed by atoms with Crippen molar-refractivity contribution in [3.63, 3.8) is 0 Å². The zero-order valence-electron chi connectivity index (χ0n) is 14.1. The Labute approximate surface area is 140 Å². The first-order chi connectivity index (χ1) is 11.5. The van der Waals surface area contributed by atoms with Gasteiger partial charge in [-0.15, -0.1) is 0 Å². The van der Waals surface area contributed by atoms with Crippen molar-refractivity contribution < 1.29 is 14.1 Å². The second-order valence-corrected chi connectivity index (χ2v) is 6.28. The maximum atomic E-state index is 12.5. The van der Waals surface area contributed by atoms with Gasteiger partial charge in [-0.2, -0.15) is 0 Å². The van der Waals surface area contributed by atoms with Crippen LogP contribution in [0, 0.1) is 20.8 Å². The van der Waals surface area contributed by atoms with Crippen molar-refractivity contribution in [2.24, 2.45) is 0 Å². The Kier molecular flexibility index (Phi) is 4.38. The molecule has 1 fully saturated rings. The van der Waals surface area contributed by atoms with Crippen LogP contribution >= 0.6 is 0 Å². The van der Waals surface area contributed by atoms with E-state index in [-0.39, 0.29) is 11.9 Å². The predicted molar refractivity (Wildman–Crippen MR) is 89.5 cm³/mol. The summed E-state index contributed by atoms with van der Waals surface area (Å²) < 4.78 is 4.90. The monoisotopic (exact) mass is 327 g/mol. The van der Waals surface area contributed by atoms with Crippen molar-refractivity contribution in [1.29, 1.82) is 0 Å². The molecule has 1 saturated heterocycles. The Bertz CT molecular complexity index is 782. The molecule has 2 amide bonds. The highest BCUT2D eigenvalue weighted by molar-refractivity contribution is 6.39. The first-order valence-corrected chi connectivity index (χ1v) is 8.08. The first-order valence-electron chi connectivity index (χ1n) is 8.08. The highest BCUT2D eigenvalue weighted by Crippen LogP contribution is 2.33. The van der Waals surface area contributed by atoms with E-state index in [0.29, 0.717) is 12.3 Å². The molecular weight excluding hydrogens is 306 g/mol. The van der Waals surface area contributed by atoms with Crippen molar-refractivity contribution in [2.75, 3.05) is 11.9 Å². The number of nitrogens with zero attached hydrogens (tertiary/aromatic N) is 2. The number of aryl methyl sites for hydroxylation is 3. The van der Waals surface area contributed by atoms with Gasteiger partial charge in [-0.3, -0.25) is 14.9 Å². The van der Waals surface area contributed by atoms with Crippen LogP contribution in [0.1, 0.15) is 41.3 Å². The van der Waals surface area contributed by atoms with Crippen LogP contribution in [0.25, 0.3) is 0 Å². The molecule has 6 nitrogen and oxygen atoms in total. The van der Waals surface area contributed by atoms with Crippen LogP contribution in [0.5, 0.6) is 0 Å². The van der Waals surface area contributed by atoms with E-state index in [1.807, 2.05) is 6.07 Å². The SMILES string of the molecule is Cc1cc(NC(=O)C(=O)N2CCC[C@H]2c2ccc(C)c(C)c2)no1. The Morgan fingerprint density at radius 1 is 1.21 bits per heavy atom. The van der Waals surface area contributed by atoms with Gasteiger partial charge in [0.15, 0.2) is 5.82 Å². The molecule has 0 radical (unpaired) electrons. The minimum atomic E-state index is -0.681. The number of carbonyl (C=O) groups excluding carboxylic acids is 2. The Morgan fingerprint density at radius 3 is 2.67 bits per heavy atom. The van der Waals surface area contributed by atoms with Crippen LogP contribution in [0.2, 0.25) is 0 Å². The Hall–Kier alpha value is -2.63. The molecule has 1 aliphatic rings. The third kappa shape index (κ3) is 3.18. The molecule has 0 spiro atoms. The number of amides is 2. The quantitative estimate of drug-likeness (QED) is 0.861. The number of nitrogens with one attached hydrogen (secondary N) is 1. The molecule has 0 unspecified atom stereocenters. The average Bonchev–Trinajstić information content (AvgIpc) is 3.18. The number of hydrogen-bond donors (Lipinski definition) is 1. The van der Waals surface area contributed by atoms with Gasteiger partial charge in [0.05, 0.1) is 6.04 Å². The Balaban J connectivity index is 1.75. The molecule has 6 heteroatoms. The Morgan fingerprint density at radius 2 is 2.00 bits per heavy atom. The molecule has 2 heterocycles. The lowest BCUT2D eigenvalue weighted by molar-refractivity contribution is -0.143. The lowest BCUT2D eigenvalue weighted by Gasteiger charge is -2.24. The molecule has 1 aliphatic heterocycles. The number of anilines is 1. The highest BCUT2D eigenvalue weighted by Gasteiger charge is 2.33. The molecule has 2 aromatic rings. The normalized spacial score (nSPS) is 17.1. The molecule has 1 atom stereocenters. The van der Waals surface area contributed by atoms with Crippen molar-refractivity contribution in [2.45, 2.75) is 39.7 Å². The summed E-state index contributed by atoms with van der Waals surface area (Å²) in [6.45, 7) is 6.42. The van der Waals surface area contributed by atoms with Crippen LogP contribution in [-0.4, -0.2) is 28.4 Å². The maximum absolute atomic E-state index is 12.5. The van der Waals surface area contributed by atoms with Gasteiger partial charge in [-0.1, -0.05) is 23.4 Å². The van der Waals surface area contributed by atoms with E-state index in [9.17, 15) is 9.59 Å². The fraction of sp³-hybridized carbons (Fsp3) is 0.389. The van der Waals surface area contributed by atoms with Gasteiger partial charge in [0.25, 0.3) is 0 Å². The largest absolute Gasteiger partial charge is 0.360 e. The molecule has 1 N–H and O–H groups in total. The molecular formula is C18H21N3O3. The molecule has 0 aliphatic carbocycles. The van der Waals surface area contributed by atoms with Crippen LogP contribution in [0.4, 0.5) is 5.82 Å². The smallest absolute Gasteiger partial charge is 0.315 e. The summed E-state index contributed by atoms with van der Waals surface area (Å²) in [5.74, 6) is -0.380. The number of carbonyl (C=O) groups is 2. The van der Waals surface area contributed by atoms with Gasteiger partial charge < -0.3 is 9.42 Å². The van der Waals surface area contributed by atoms with Gasteiger partial charge in [-0.05, 0) is 50.3 Å². The minimum Gasteiger partial charge on any atom is -0.360 e. The molecule has 24 heavy (non-hydrogen) atoms. The van der Waals surface area contributed by atoms with Crippen LogP contribution in [0.15, 0.2) is 28.8 Å². The second kappa shape index (κ2) is 6.47. The molecule has 1 aromatic carbocycles. The molecule has 0 bridgehead atoms. The van der Waals surface area contributed by atoms with Crippen molar-refractivity contribution in [1.82, 2.24) is 10.1 Å². The van der Waals surface area contributed by atoms with Gasteiger partial charge in [0, 0.05) is 12.6 Å². The van der Waals surface area contributed by atoms with Crippen LogP contribution in [-0.2, 0) is 9.59 Å². The van der Waals surface area contributed by atoms with Crippen LogP contribution in [0.3, 0.4) is 0 Å². The topological polar surface area (TPSA) is 75.4 Å². The highest BCUT2D eigenvalue weighted by atomic mass is 16.5. The van der Waals surface area contributed by atoms with E-state index in [0.717, 1.165) is 18.4 Å². The summed E-state index contributed by atoms with van der Waals surface area (Å²) in [6.07, 6.45) is 1.75. The van der Waals surface area contributed by atoms with E-state index < -0.39 is 11.8 Å². The van der Waals surface area contributed by atoms with Gasteiger partial charge in [0.1, 0.15) is 5.76 Å². The van der Waals surface area contributed by atoms with Crippen molar-refractivity contribution >= 4 is 17.6 Å². The third-order valence-corrected chi connectivity index (χ3v) is 4.49. The summed E-state index contributed by atoms with van der Waals surface area (Å²) in [7, 11) is 0. The lowest BCUT2D eigenvalue weighted by atomic mass is 9.99. The summed E-state index contributed by atoms with van der Waals surface area (Å²) in [5.41, 5.74) is 3.48. The van der Waals surface area contributed by atoms with Gasteiger partial charge >= 0.3 is 11.8 Å². The standard InChI is InChI=1S/C18H21N3O3/c1-11-6-7-14(9-12(11)2)15-5-4-8-21(15)18(23)17(22)19-16-10-13(3)24-20-16/h6-7,9-10,15H,4-5,8H2,1-3H3,(H,19,20,22)/t15-/m0/s1. The fourth-order valence-electron chi connectivity index (χ4n) is 3.05. The molecule has 1 aromatic heterocycles. The van der Waals surface area contributed by atoms with Crippen molar-refractivity contribution in [3.05, 3.63) is 46.7 Å². The summed E-state index contributed by atoms with van der Waals surface area (Å²) in [5, 5.41) is 6.18. The van der Waals surface area contributed by atoms with Gasteiger partial charge in [0.2, 0.25) is 0 Å². The number of benzene rings is 1. The summed E-state index contributed by atoms with van der Waals surface area (Å²) >= 11 is 0. The fourth-order valence-corrected chi connectivity index (χ4v) is 3.05. The van der Waals surface area contributed by atoms with Gasteiger partial charge in [-0.25, -0.2) is 0 Å². The van der Waals surface area contributed by atoms with Crippen molar-refractivity contribution in [3.8, 4) is 0 Å². The van der Waals surface area contributed by atoms with E-state index in [1.54, 1.807) is 17.9 Å².